The van der Waals surface area contributed by atoms with Crippen LogP contribution in [0.1, 0.15) is 38.2 Å². The molecule has 0 aliphatic heterocycles. The SMILES string of the molecule is C=CCOc1ccc(CNCC2CCC(C)CC2)cc1. The standard InChI is InChI=1S/C18H27NO/c1-3-12-20-18-10-8-17(9-11-18)14-19-13-16-6-4-15(2)5-7-16/h3,8-11,15-16,19H,1,4-7,12-14H2,2H3. The van der Waals surface area contributed by atoms with Crippen LogP contribution in [-0.4, -0.2) is 13.2 Å². The van der Waals surface area contributed by atoms with Gasteiger partial charge < -0.3 is 10.1 Å². The third-order valence-electron chi connectivity index (χ3n) is 4.19. The minimum atomic E-state index is 0.567. The Bertz CT molecular complexity index is 390. The summed E-state index contributed by atoms with van der Waals surface area (Å²) >= 11 is 0. The van der Waals surface area contributed by atoms with Crippen molar-refractivity contribution in [3.63, 3.8) is 0 Å². The van der Waals surface area contributed by atoms with E-state index < -0.39 is 0 Å². The molecule has 1 aromatic carbocycles. The van der Waals surface area contributed by atoms with Crippen molar-refractivity contribution in [2.24, 2.45) is 11.8 Å². The highest BCUT2D eigenvalue weighted by molar-refractivity contribution is 5.27. The van der Waals surface area contributed by atoms with Crippen LogP contribution in [0.15, 0.2) is 36.9 Å². The summed E-state index contributed by atoms with van der Waals surface area (Å²) in [6.45, 7) is 8.70. The Hall–Kier alpha value is -1.28. The molecule has 0 heterocycles. The number of hydrogen-bond acceptors (Lipinski definition) is 2. The summed E-state index contributed by atoms with van der Waals surface area (Å²) in [5.41, 5.74) is 1.32. The summed E-state index contributed by atoms with van der Waals surface area (Å²) in [5, 5.41) is 3.59. The predicted octanol–water partition coefficient (Wildman–Crippen LogP) is 4.17. The molecule has 1 aliphatic carbocycles. The van der Waals surface area contributed by atoms with Crippen LogP contribution in [0.2, 0.25) is 0 Å². The van der Waals surface area contributed by atoms with Gasteiger partial charge in [-0.2, -0.15) is 0 Å². The van der Waals surface area contributed by atoms with Gasteiger partial charge >= 0.3 is 0 Å². The Kier molecular flexibility index (Phi) is 6.13. The fraction of sp³-hybridized carbons (Fsp3) is 0.556. The predicted molar refractivity (Wildman–Crippen MR) is 85.0 cm³/mol. The zero-order valence-corrected chi connectivity index (χ0v) is 12.6. The van der Waals surface area contributed by atoms with E-state index in [1.54, 1.807) is 6.08 Å². The van der Waals surface area contributed by atoms with Gasteiger partial charge in [-0.1, -0.05) is 44.6 Å². The molecule has 1 N–H and O–H groups in total. The van der Waals surface area contributed by atoms with Crippen LogP contribution in [0.3, 0.4) is 0 Å². The van der Waals surface area contributed by atoms with Crippen LogP contribution >= 0.6 is 0 Å². The largest absolute Gasteiger partial charge is 0.490 e. The van der Waals surface area contributed by atoms with E-state index >= 15 is 0 Å². The van der Waals surface area contributed by atoms with Gasteiger partial charge in [0.25, 0.3) is 0 Å². The molecule has 1 aromatic rings. The van der Waals surface area contributed by atoms with Crippen molar-refractivity contribution in [1.82, 2.24) is 5.32 Å². The van der Waals surface area contributed by atoms with Crippen molar-refractivity contribution in [3.05, 3.63) is 42.5 Å². The summed E-state index contributed by atoms with van der Waals surface area (Å²) in [7, 11) is 0. The highest BCUT2D eigenvalue weighted by Gasteiger charge is 2.17. The molecular weight excluding hydrogens is 246 g/mol. The van der Waals surface area contributed by atoms with Gasteiger partial charge in [0.05, 0.1) is 0 Å². The monoisotopic (exact) mass is 273 g/mol. The quantitative estimate of drug-likeness (QED) is 0.753. The Morgan fingerprint density at radius 2 is 1.90 bits per heavy atom. The zero-order chi connectivity index (χ0) is 14.2. The number of ether oxygens (including phenoxy) is 1. The molecule has 2 nitrogen and oxygen atoms in total. The first-order valence-corrected chi connectivity index (χ1v) is 7.81. The summed E-state index contributed by atoms with van der Waals surface area (Å²) in [4.78, 5) is 0. The van der Waals surface area contributed by atoms with Gasteiger partial charge in [0.1, 0.15) is 12.4 Å². The average Bonchev–Trinajstić information content (AvgIpc) is 2.48. The van der Waals surface area contributed by atoms with Crippen molar-refractivity contribution in [2.45, 2.75) is 39.2 Å². The second-order valence-corrected chi connectivity index (χ2v) is 6.00. The summed E-state index contributed by atoms with van der Waals surface area (Å²) in [5.74, 6) is 2.73. The summed E-state index contributed by atoms with van der Waals surface area (Å²) in [6, 6.07) is 8.33. The molecular formula is C18H27NO. The molecule has 1 fully saturated rings. The molecule has 0 spiro atoms. The molecule has 0 atom stereocenters. The minimum Gasteiger partial charge on any atom is -0.490 e. The summed E-state index contributed by atoms with van der Waals surface area (Å²) < 4.78 is 5.48. The van der Waals surface area contributed by atoms with Gasteiger partial charge in [-0.25, -0.2) is 0 Å². The molecule has 0 amide bonds. The molecule has 1 aliphatic rings. The lowest BCUT2D eigenvalue weighted by atomic mass is 9.83. The van der Waals surface area contributed by atoms with Crippen molar-refractivity contribution < 1.29 is 4.74 Å². The first kappa shape index (κ1) is 15.1. The number of nitrogens with one attached hydrogen (secondary N) is 1. The van der Waals surface area contributed by atoms with E-state index in [0.717, 1.165) is 30.7 Å². The lowest BCUT2D eigenvalue weighted by molar-refractivity contribution is 0.281. The van der Waals surface area contributed by atoms with Gasteiger partial charge in [0.2, 0.25) is 0 Å². The molecule has 0 unspecified atom stereocenters. The number of hydrogen-bond donors (Lipinski definition) is 1. The Balaban J connectivity index is 1.67. The fourth-order valence-electron chi connectivity index (χ4n) is 2.81. The van der Waals surface area contributed by atoms with Crippen LogP contribution in [-0.2, 0) is 6.54 Å². The minimum absolute atomic E-state index is 0.567. The average molecular weight is 273 g/mol. The maximum atomic E-state index is 5.48. The van der Waals surface area contributed by atoms with Gasteiger partial charge in [0, 0.05) is 6.54 Å². The Morgan fingerprint density at radius 3 is 2.55 bits per heavy atom. The molecule has 1 saturated carbocycles. The van der Waals surface area contributed by atoms with Gasteiger partial charge in [-0.05, 0) is 48.9 Å². The Labute approximate surface area is 123 Å². The van der Waals surface area contributed by atoms with Crippen LogP contribution in [0, 0.1) is 11.8 Å². The van der Waals surface area contributed by atoms with Gasteiger partial charge in [0.15, 0.2) is 0 Å². The maximum Gasteiger partial charge on any atom is 0.119 e. The first-order chi connectivity index (χ1) is 9.78. The second-order valence-electron chi connectivity index (χ2n) is 6.00. The first-order valence-electron chi connectivity index (χ1n) is 7.81. The van der Waals surface area contributed by atoms with E-state index in [2.05, 4.69) is 31.0 Å². The lowest BCUT2D eigenvalue weighted by Gasteiger charge is -2.26. The van der Waals surface area contributed by atoms with Gasteiger partial charge in [-0.3, -0.25) is 0 Å². The molecule has 2 rings (SSSR count). The molecule has 20 heavy (non-hydrogen) atoms. The molecule has 0 saturated heterocycles. The molecule has 0 radical (unpaired) electrons. The van der Waals surface area contributed by atoms with Crippen LogP contribution in [0.4, 0.5) is 0 Å². The Morgan fingerprint density at radius 1 is 1.20 bits per heavy atom. The third-order valence-corrected chi connectivity index (χ3v) is 4.19. The van der Waals surface area contributed by atoms with Crippen molar-refractivity contribution >= 4 is 0 Å². The number of benzene rings is 1. The normalized spacial score (nSPS) is 22.4. The second kappa shape index (κ2) is 8.11. The molecule has 0 bridgehead atoms. The van der Waals surface area contributed by atoms with Crippen molar-refractivity contribution in [1.29, 1.82) is 0 Å². The van der Waals surface area contributed by atoms with Crippen LogP contribution in [0.5, 0.6) is 5.75 Å². The van der Waals surface area contributed by atoms with Crippen LogP contribution < -0.4 is 10.1 Å². The molecule has 2 heteroatoms. The van der Waals surface area contributed by atoms with E-state index in [0.29, 0.717) is 6.61 Å². The van der Waals surface area contributed by atoms with E-state index in [9.17, 15) is 0 Å². The highest BCUT2D eigenvalue weighted by atomic mass is 16.5. The topological polar surface area (TPSA) is 21.3 Å². The number of rotatable bonds is 7. The highest BCUT2D eigenvalue weighted by Crippen LogP contribution is 2.27. The van der Waals surface area contributed by atoms with E-state index in [4.69, 9.17) is 4.74 Å². The third kappa shape index (κ3) is 5.01. The van der Waals surface area contributed by atoms with Gasteiger partial charge in [-0.15, -0.1) is 0 Å². The lowest BCUT2D eigenvalue weighted by Crippen LogP contribution is -2.25. The zero-order valence-electron chi connectivity index (χ0n) is 12.6. The maximum absolute atomic E-state index is 5.48. The van der Waals surface area contributed by atoms with Crippen molar-refractivity contribution in [2.75, 3.05) is 13.2 Å². The van der Waals surface area contributed by atoms with E-state index in [1.165, 1.54) is 31.2 Å². The molecule has 110 valence electrons. The smallest absolute Gasteiger partial charge is 0.119 e. The van der Waals surface area contributed by atoms with E-state index in [-0.39, 0.29) is 0 Å². The van der Waals surface area contributed by atoms with E-state index in [1.807, 2.05) is 12.1 Å². The summed E-state index contributed by atoms with van der Waals surface area (Å²) in [6.07, 6.45) is 7.36. The van der Waals surface area contributed by atoms with Crippen molar-refractivity contribution in [3.8, 4) is 5.75 Å². The molecule has 0 aromatic heterocycles. The van der Waals surface area contributed by atoms with Crippen LogP contribution in [0.25, 0.3) is 0 Å². The fourth-order valence-corrected chi connectivity index (χ4v) is 2.81.